The number of anilines is 1. The van der Waals surface area contributed by atoms with Crippen molar-refractivity contribution in [2.45, 2.75) is 33.7 Å². The molecule has 1 aromatic carbocycles. The molecule has 0 aliphatic rings. The number of hydrogen-bond donors (Lipinski definition) is 2. The van der Waals surface area contributed by atoms with E-state index in [9.17, 15) is 4.79 Å². The van der Waals surface area contributed by atoms with E-state index in [-0.39, 0.29) is 12.1 Å². The zero-order chi connectivity index (χ0) is 16.1. The molecule has 0 aliphatic heterocycles. The zero-order valence-electron chi connectivity index (χ0n) is 13.1. The van der Waals surface area contributed by atoms with Gasteiger partial charge in [0.25, 0.3) is 0 Å². The number of carbonyl (C=O) groups is 1. The molecule has 1 aromatic heterocycles. The molecule has 7 nitrogen and oxygen atoms in total. The second-order valence-electron chi connectivity index (χ2n) is 4.91. The lowest BCUT2D eigenvalue weighted by molar-refractivity contribution is 0.245. The van der Waals surface area contributed by atoms with E-state index in [0.717, 1.165) is 11.3 Å². The first-order chi connectivity index (χ1) is 10.5. The van der Waals surface area contributed by atoms with Crippen LogP contribution < -0.4 is 15.4 Å². The SMILES string of the molecule is CCOc1ccc(NC(=O)N[C@@H](C)c2nc(C)no2)cc1C. The Kier molecular flexibility index (Phi) is 4.98. The summed E-state index contributed by atoms with van der Waals surface area (Å²) in [7, 11) is 0. The quantitative estimate of drug-likeness (QED) is 0.886. The highest BCUT2D eigenvalue weighted by Gasteiger charge is 2.15. The van der Waals surface area contributed by atoms with Crippen LogP contribution in [0, 0.1) is 13.8 Å². The van der Waals surface area contributed by atoms with E-state index in [0.29, 0.717) is 24.0 Å². The molecule has 7 heteroatoms. The molecule has 0 aliphatic carbocycles. The summed E-state index contributed by atoms with van der Waals surface area (Å²) >= 11 is 0. The van der Waals surface area contributed by atoms with Crippen molar-refractivity contribution in [2.24, 2.45) is 0 Å². The highest BCUT2D eigenvalue weighted by molar-refractivity contribution is 5.89. The number of hydrogen-bond acceptors (Lipinski definition) is 5. The second kappa shape index (κ2) is 6.93. The molecule has 2 N–H and O–H groups in total. The van der Waals surface area contributed by atoms with Gasteiger partial charge in [0.05, 0.1) is 6.61 Å². The summed E-state index contributed by atoms with van der Waals surface area (Å²) in [6.45, 7) is 7.96. The van der Waals surface area contributed by atoms with E-state index in [4.69, 9.17) is 9.26 Å². The maximum absolute atomic E-state index is 12.0. The third-order valence-electron chi connectivity index (χ3n) is 2.99. The van der Waals surface area contributed by atoms with E-state index in [1.807, 2.05) is 26.0 Å². The number of ether oxygens (including phenoxy) is 1. The number of benzene rings is 1. The van der Waals surface area contributed by atoms with Gasteiger partial charge >= 0.3 is 6.03 Å². The number of amides is 2. The molecule has 2 amide bonds. The Bertz CT molecular complexity index is 654. The number of carbonyl (C=O) groups excluding carboxylic acids is 1. The predicted octanol–water partition coefficient (Wildman–Crippen LogP) is 2.97. The summed E-state index contributed by atoms with van der Waals surface area (Å²) in [6.07, 6.45) is 0. The van der Waals surface area contributed by atoms with Crippen LogP contribution in [0.25, 0.3) is 0 Å². The van der Waals surface area contributed by atoms with Crippen LogP contribution in [0.2, 0.25) is 0 Å². The van der Waals surface area contributed by atoms with Crippen molar-refractivity contribution in [1.82, 2.24) is 15.5 Å². The molecule has 0 saturated carbocycles. The minimum Gasteiger partial charge on any atom is -0.494 e. The molecular formula is C15H20N4O3. The predicted molar refractivity (Wildman–Crippen MR) is 82.0 cm³/mol. The molecule has 0 spiro atoms. The molecule has 1 atom stereocenters. The number of nitrogens with one attached hydrogen (secondary N) is 2. The average Bonchev–Trinajstić information content (AvgIpc) is 2.88. The van der Waals surface area contributed by atoms with Crippen molar-refractivity contribution < 1.29 is 14.1 Å². The maximum atomic E-state index is 12.0. The monoisotopic (exact) mass is 304 g/mol. The number of aromatic nitrogens is 2. The lowest BCUT2D eigenvalue weighted by atomic mass is 10.2. The Labute approximate surface area is 129 Å². The lowest BCUT2D eigenvalue weighted by Gasteiger charge is -2.13. The van der Waals surface area contributed by atoms with Crippen LogP contribution in [0.1, 0.15) is 37.2 Å². The highest BCUT2D eigenvalue weighted by atomic mass is 16.5. The zero-order valence-corrected chi connectivity index (χ0v) is 13.1. The Morgan fingerprint density at radius 3 is 2.77 bits per heavy atom. The highest BCUT2D eigenvalue weighted by Crippen LogP contribution is 2.22. The molecule has 1 heterocycles. The van der Waals surface area contributed by atoms with Crippen LogP contribution in [0.5, 0.6) is 5.75 Å². The number of rotatable bonds is 5. The van der Waals surface area contributed by atoms with Crippen LogP contribution in [-0.2, 0) is 0 Å². The molecule has 22 heavy (non-hydrogen) atoms. The van der Waals surface area contributed by atoms with Gasteiger partial charge in [0.15, 0.2) is 5.82 Å². The number of urea groups is 1. The average molecular weight is 304 g/mol. The lowest BCUT2D eigenvalue weighted by Crippen LogP contribution is -2.31. The van der Waals surface area contributed by atoms with Crippen LogP contribution >= 0.6 is 0 Å². The fourth-order valence-corrected chi connectivity index (χ4v) is 1.96. The Morgan fingerprint density at radius 2 is 2.18 bits per heavy atom. The molecular weight excluding hydrogens is 284 g/mol. The topological polar surface area (TPSA) is 89.3 Å². The van der Waals surface area contributed by atoms with Crippen molar-refractivity contribution in [3.63, 3.8) is 0 Å². The van der Waals surface area contributed by atoms with Gasteiger partial charge in [0.1, 0.15) is 11.8 Å². The molecule has 0 radical (unpaired) electrons. The van der Waals surface area contributed by atoms with Crippen LogP contribution in [0.4, 0.5) is 10.5 Å². The summed E-state index contributed by atoms with van der Waals surface area (Å²) in [4.78, 5) is 16.1. The van der Waals surface area contributed by atoms with E-state index in [2.05, 4.69) is 20.8 Å². The van der Waals surface area contributed by atoms with E-state index >= 15 is 0 Å². The third-order valence-corrected chi connectivity index (χ3v) is 2.99. The molecule has 0 fully saturated rings. The van der Waals surface area contributed by atoms with Gasteiger partial charge in [-0.25, -0.2) is 4.79 Å². The fourth-order valence-electron chi connectivity index (χ4n) is 1.96. The second-order valence-corrected chi connectivity index (χ2v) is 4.91. The summed E-state index contributed by atoms with van der Waals surface area (Å²) in [5, 5.41) is 9.20. The van der Waals surface area contributed by atoms with E-state index in [1.165, 1.54) is 0 Å². The first-order valence-electron chi connectivity index (χ1n) is 7.10. The number of aryl methyl sites for hydroxylation is 2. The Hall–Kier alpha value is -2.57. The molecule has 0 unspecified atom stereocenters. The van der Waals surface area contributed by atoms with E-state index < -0.39 is 0 Å². The standard InChI is InChI=1S/C15H20N4O3/c1-5-21-13-7-6-12(8-9(13)2)18-15(20)16-10(3)14-17-11(4)19-22-14/h6-8,10H,5H2,1-4H3,(H2,16,18,20)/t10-/m0/s1. The van der Waals surface area contributed by atoms with Gasteiger partial charge in [-0.2, -0.15) is 4.98 Å². The first-order valence-corrected chi connectivity index (χ1v) is 7.10. The summed E-state index contributed by atoms with van der Waals surface area (Å²) in [5.41, 5.74) is 1.65. The van der Waals surface area contributed by atoms with E-state index in [1.54, 1.807) is 19.9 Å². The van der Waals surface area contributed by atoms with Gasteiger partial charge < -0.3 is 19.9 Å². The largest absolute Gasteiger partial charge is 0.494 e. The van der Waals surface area contributed by atoms with Crippen LogP contribution in [-0.4, -0.2) is 22.8 Å². The van der Waals surface area contributed by atoms with Crippen molar-refractivity contribution in [3.8, 4) is 5.75 Å². The normalized spacial score (nSPS) is 11.8. The third kappa shape index (κ3) is 3.97. The van der Waals surface area contributed by atoms with Gasteiger partial charge in [-0.3, -0.25) is 0 Å². The first kappa shape index (κ1) is 15.8. The van der Waals surface area contributed by atoms with Crippen molar-refractivity contribution >= 4 is 11.7 Å². The van der Waals surface area contributed by atoms with Crippen molar-refractivity contribution in [1.29, 1.82) is 0 Å². The molecule has 0 bridgehead atoms. The Balaban J connectivity index is 1.95. The molecule has 0 saturated heterocycles. The summed E-state index contributed by atoms with van der Waals surface area (Å²) in [6, 6.07) is 4.77. The molecule has 2 rings (SSSR count). The number of nitrogens with zero attached hydrogens (tertiary/aromatic N) is 2. The maximum Gasteiger partial charge on any atom is 0.319 e. The minimum absolute atomic E-state index is 0.341. The minimum atomic E-state index is -0.370. The fraction of sp³-hybridized carbons (Fsp3) is 0.400. The molecule has 118 valence electrons. The van der Waals surface area contributed by atoms with Gasteiger partial charge in [-0.05, 0) is 51.5 Å². The van der Waals surface area contributed by atoms with Crippen molar-refractivity contribution in [3.05, 3.63) is 35.5 Å². The van der Waals surface area contributed by atoms with Gasteiger partial charge in [0, 0.05) is 5.69 Å². The van der Waals surface area contributed by atoms with Crippen LogP contribution in [0.15, 0.2) is 22.7 Å². The summed E-state index contributed by atoms with van der Waals surface area (Å²) < 4.78 is 10.5. The van der Waals surface area contributed by atoms with Crippen LogP contribution in [0.3, 0.4) is 0 Å². The van der Waals surface area contributed by atoms with Gasteiger partial charge in [-0.15, -0.1) is 0 Å². The van der Waals surface area contributed by atoms with Gasteiger partial charge in [0.2, 0.25) is 5.89 Å². The van der Waals surface area contributed by atoms with Crippen molar-refractivity contribution in [2.75, 3.05) is 11.9 Å². The smallest absolute Gasteiger partial charge is 0.319 e. The summed E-state index contributed by atoms with van der Waals surface area (Å²) in [5.74, 6) is 1.71. The molecule has 2 aromatic rings. The van der Waals surface area contributed by atoms with Gasteiger partial charge in [-0.1, -0.05) is 5.16 Å². The Morgan fingerprint density at radius 1 is 1.41 bits per heavy atom.